The number of hydrogen-bond acceptors (Lipinski definition) is 4. The van der Waals surface area contributed by atoms with Gasteiger partial charge < -0.3 is 10.2 Å². The number of aryl methyl sites for hydroxylation is 2. The smallest absolute Gasteiger partial charge is 0.264 e. The van der Waals surface area contributed by atoms with Gasteiger partial charge in [0.2, 0.25) is 11.8 Å². The maximum Gasteiger partial charge on any atom is 0.264 e. The molecular formula is C32H41N3O4S. The minimum Gasteiger partial charge on any atom is -0.354 e. The van der Waals surface area contributed by atoms with Crippen molar-refractivity contribution in [3.8, 4) is 0 Å². The quantitative estimate of drug-likeness (QED) is 0.335. The molecule has 7 nitrogen and oxygen atoms in total. The Kier molecular flexibility index (Phi) is 10.5. The van der Waals surface area contributed by atoms with Crippen molar-refractivity contribution >= 4 is 27.5 Å². The summed E-state index contributed by atoms with van der Waals surface area (Å²) in [6, 6.07) is 20.9. The van der Waals surface area contributed by atoms with Gasteiger partial charge in [-0.3, -0.25) is 13.9 Å². The van der Waals surface area contributed by atoms with E-state index in [1.54, 1.807) is 43.3 Å². The summed E-state index contributed by atoms with van der Waals surface area (Å²) in [6.07, 6.45) is 0.530. The van der Waals surface area contributed by atoms with Gasteiger partial charge in [-0.05, 0) is 74.9 Å². The van der Waals surface area contributed by atoms with Gasteiger partial charge in [0.15, 0.2) is 0 Å². The number of benzene rings is 3. The fourth-order valence-electron chi connectivity index (χ4n) is 4.38. The molecule has 214 valence electrons. The van der Waals surface area contributed by atoms with Gasteiger partial charge in [0, 0.05) is 13.1 Å². The largest absolute Gasteiger partial charge is 0.354 e. The van der Waals surface area contributed by atoms with Gasteiger partial charge in [0.1, 0.15) is 12.6 Å². The highest BCUT2D eigenvalue weighted by Crippen LogP contribution is 2.29. The summed E-state index contributed by atoms with van der Waals surface area (Å²) in [5.41, 5.74) is 4.07. The van der Waals surface area contributed by atoms with Gasteiger partial charge >= 0.3 is 0 Å². The first-order chi connectivity index (χ1) is 18.9. The van der Waals surface area contributed by atoms with Crippen molar-refractivity contribution in [2.45, 2.75) is 58.9 Å². The normalized spacial score (nSPS) is 12.2. The lowest BCUT2D eigenvalue weighted by molar-refractivity contribution is -0.138. The van der Waals surface area contributed by atoms with Gasteiger partial charge in [-0.1, -0.05) is 74.0 Å². The lowest BCUT2D eigenvalue weighted by Crippen LogP contribution is -2.52. The van der Waals surface area contributed by atoms with Crippen LogP contribution in [0.5, 0.6) is 0 Å². The Morgan fingerprint density at radius 1 is 0.850 bits per heavy atom. The first-order valence-electron chi connectivity index (χ1n) is 13.7. The van der Waals surface area contributed by atoms with E-state index in [0.29, 0.717) is 18.7 Å². The zero-order valence-corrected chi connectivity index (χ0v) is 25.2. The van der Waals surface area contributed by atoms with Gasteiger partial charge in [0.05, 0.1) is 10.6 Å². The Hall–Kier alpha value is -3.65. The molecule has 0 aromatic heterocycles. The number of amides is 2. The van der Waals surface area contributed by atoms with E-state index < -0.39 is 28.5 Å². The first kappa shape index (κ1) is 30.9. The minimum atomic E-state index is -4.09. The number of nitrogens with one attached hydrogen (secondary N) is 1. The van der Waals surface area contributed by atoms with Crippen LogP contribution in [0.1, 0.15) is 43.0 Å². The average molecular weight is 564 g/mol. The van der Waals surface area contributed by atoms with E-state index >= 15 is 0 Å². The summed E-state index contributed by atoms with van der Waals surface area (Å²) in [6.45, 7) is 11.7. The topological polar surface area (TPSA) is 86.8 Å². The molecule has 0 saturated carbocycles. The number of carbonyl (C=O) groups excluding carboxylic acids is 2. The van der Waals surface area contributed by atoms with Crippen molar-refractivity contribution in [3.63, 3.8) is 0 Å². The number of rotatable bonds is 12. The molecule has 3 rings (SSSR count). The van der Waals surface area contributed by atoms with Crippen molar-refractivity contribution in [2.24, 2.45) is 5.92 Å². The summed E-state index contributed by atoms with van der Waals surface area (Å²) in [5.74, 6) is -0.460. The van der Waals surface area contributed by atoms with E-state index in [4.69, 9.17) is 0 Å². The number of sulfonamides is 1. The second-order valence-electron chi connectivity index (χ2n) is 10.7. The molecule has 0 aliphatic rings. The Balaban J connectivity index is 2.00. The van der Waals surface area contributed by atoms with Crippen LogP contribution >= 0.6 is 0 Å². The van der Waals surface area contributed by atoms with Crippen molar-refractivity contribution < 1.29 is 18.0 Å². The highest BCUT2D eigenvalue weighted by atomic mass is 32.2. The fraction of sp³-hybridized carbons (Fsp3) is 0.375. The predicted molar refractivity (Wildman–Crippen MR) is 161 cm³/mol. The first-order valence-corrected chi connectivity index (χ1v) is 15.1. The van der Waals surface area contributed by atoms with Crippen LogP contribution in [0.3, 0.4) is 0 Å². The zero-order valence-electron chi connectivity index (χ0n) is 24.3. The van der Waals surface area contributed by atoms with Crippen LogP contribution in [0.15, 0.2) is 77.7 Å². The molecule has 0 aliphatic carbocycles. The third kappa shape index (κ3) is 7.72. The van der Waals surface area contributed by atoms with Gasteiger partial charge in [-0.2, -0.15) is 0 Å². The van der Waals surface area contributed by atoms with Crippen LogP contribution < -0.4 is 9.62 Å². The van der Waals surface area contributed by atoms with Crippen molar-refractivity contribution in [3.05, 3.63) is 95.1 Å². The molecule has 0 spiro atoms. The fourth-order valence-corrected chi connectivity index (χ4v) is 5.85. The van der Waals surface area contributed by atoms with Crippen molar-refractivity contribution in [2.75, 3.05) is 23.9 Å². The van der Waals surface area contributed by atoms with E-state index in [9.17, 15) is 18.0 Å². The number of carbonyl (C=O) groups is 2. The van der Waals surface area contributed by atoms with Gasteiger partial charge in [0.25, 0.3) is 10.0 Å². The summed E-state index contributed by atoms with van der Waals surface area (Å²) in [4.78, 5) is 28.7. The molecule has 0 radical (unpaired) electrons. The predicted octanol–water partition coefficient (Wildman–Crippen LogP) is 5.04. The van der Waals surface area contributed by atoms with E-state index in [-0.39, 0.29) is 23.3 Å². The molecule has 0 aliphatic heterocycles. The van der Waals surface area contributed by atoms with Gasteiger partial charge in [-0.15, -0.1) is 0 Å². The van der Waals surface area contributed by atoms with Crippen LogP contribution in [-0.2, 0) is 26.0 Å². The zero-order chi connectivity index (χ0) is 29.4. The summed E-state index contributed by atoms with van der Waals surface area (Å²) < 4.78 is 29.2. The molecule has 1 N–H and O–H groups in total. The van der Waals surface area contributed by atoms with Crippen LogP contribution in [-0.4, -0.2) is 50.8 Å². The Morgan fingerprint density at radius 3 is 2.12 bits per heavy atom. The average Bonchev–Trinajstić information content (AvgIpc) is 2.92. The van der Waals surface area contributed by atoms with E-state index in [2.05, 4.69) is 5.32 Å². The molecule has 3 aromatic carbocycles. The molecule has 0 heterocycles. The van der Waals surface area contributed by atoms with Crippen molar-refractivity contribution in [1.29, 1.82) is 0 Å². The van der Waals surface area contributed by atoms with Crippen molar-refractivity contribution in [1.82, 2.24) is 10.2 Å². The lowest BCUT2D eigenvalue weighted by Gasteiger charge is -2.32. The maximum atomic E-state index is 14.0. The lowest BCUT2D eigenvalue weighted by atomic mass is 10.1. The monoisotopic (exact) mass is 563 g/mol. The highest BCUT2D eigenvalue weighted by molar-refractivity contribution is 7.92. The molecule has 1 atom stereocenters. The summed E-state index contributed by atoms with van der Waals surface area (Å²) in [7, 11) is -4.09. The third-order valence-corrected chi connectivity index (χ3v) is 8.84. The molecule has 3 aromatic rings. The van der Waals surface area contributed by atoms with Crippen LogP contribution in [0.4, 0.5) is 5.69 Å². The molecular weight excluding hydrogens is 522 g/mol. The van der Waals surface area contributed by atoms with E-state index in [0.717, 1.165) is 22.3 Å². The van der Waals surface area contributed by atoms with Crippen LogP contribution in [0.25, 0.3) is 0 Å². The van der Waals surface area contributed by atoms with Gasteiger partial charge in [-0.25, -0.2) is 8.42 Å². The Labute approximate surface area is 239 Å². The maximum absolute atomic E-state index is 14.0. The second kappa shape index (κ2) is 13.6. The standard InChI is InChI=1S/C32H41N3O4S/c1-23(2)21-33-32(37)27(6)34(20-19-28-12-8-7-9-13-28)31(36)22-35(30-14-10-11-25(4)26(30)5)40(38,39)29-17-15-24(3)16-18-29/h7-18,23,27H,19-22H2,1-6H3,(H,33,37)/t27-/m0/s1. The number of anilines is 1. The SMILES string of the molecule is Cc1ccc(S(=O)(=O)N(CC(=O)N(CCc2ccccc2)[C@@H](C)C(=O)NCC(C)C)c2cccc(C)c2C)cc1. The highest BCUT2D eigenvalue weighted by Gasteiger charge is 2.33. The molecule has 40 heavy (non-hydrogen) atoms. The Bertz CT molecular complexity index is 1400. The minimum absolute atomic E-state index is 0.102. The number of nitrogens with zero attached hydrogens (tertiary/aromatic N) is 2. The molecule has 0 bridgehead atoms. The third-order valence-electron chi connectivity index (χ3n) is 7.07. The molecule has 0 saturated heterocycles. The molecule has 0 unspecified atom stereocenters. The summed E-state index contributed by atoms with van der Waals surface area (Å²) >= 11 is 0. The number of hydrogen-bond donors (Lipinski definition) is 1. The Morgan fingerprint density at radius 2 is 1.50 bits per heavy atom. The second-order valence-corrected chi connectivity index (χ2v) is 12.5. The molecule has 8 heteroatoms. The molecule has 0 fully saturated rings. The van der Waals surface area contributed by atoms with E-state index in [1.807, 2.05) is 71.0 Å². The van der Waals surface area contributed by atoms with Crippen LogP contribution in [0.2, 0.25) is 0 Å². The van der Waals surface area contributed by atoms with Crippen LogP contribution in [0, 0.1) is 26.7 Å². The summed E-state index contributed by atoms with van der Waals surface area (Å²) in [5, 5.41) is 2.91. The molecule has 2 amide bonds. The van der Waals surface area contributed by atoms with E-state index in [1.165, 1.54) is 9.21 Å².